The normalized spacial score (nSPS) is 10.9. The lowest BCUT2D eigenvalue weighted by Gasteiger charge is -1.94. The number of aromatic nitrogens is 1. The molecular formula is C12H8FNO2S. The number of aliphatic carboxylic acids is 1. The van der Waals surface area contributed by atoms with Gasteiger partial charge >= 0.3 is 5.97 Å². The molecule has 1 aromatic heterocycles. The van der Waals surface area contributed by atoms with E-state index in [0.717, 1.165) is 6.08 Å². The van der Waals surface area contributed by atoms with Crippen LogP contribution in [0.15, 0.2) is 35.7 Å². The Balaban J connectivity index is 2.27. The van der Waals surface area contributed by atoms with E-state index < -0.39 is 5.97 Å². The first-order valence-corrected chi connectivity index (χ1v) is 5.65. The lowest BCUT2D eigenvalue weighted by atomic mass is 10.2. The zero-order valence-electron chi connectivity index (χ0n) is 8.63. The van der Waals surface area contributed by atoms with E-state index in [0.29, 0.717) is 16.3 Å². The summed E-state index contributed by atoms with van der Waals surface area (Å²) in [5.74, 6) is -1.34. The van der Waals surface area contributed by atoms with Crippen molar-refractivity contribution < 1.29 is 14.3 Å². The summed E-state index contributed by atoms with van der Waals surface area (Å²) in [5.41, 5.74) is 1.24. The second kappa shape index (κ2) is 4.88. The molecule has 0 aliphatic rings. The summed E-state index contributed by atoms with van der Waals surface area (Å²) in [7, 11) is 0. The zero-order chi connectivity index (χ0) is 12.3. The molecule has 0 saturated carbocycles. The Labute approximate surface area is 101 Å². The average molecular weight is 249 g/mol. The van der Waals surface area contributed by atoms with E-state index in [9.17, 15) is 9.18 Å². The number of carboxylic acids is 1. The van der Waals surface area contributed by atoms with Gasteiger partial charge in [0.2, 0.25) is 0 Å². The van der Waals surface area contributed by atoms with Crippen LogP contribution in [-0.2, 0) is 4.79 Å². The van der Waals surface area contributed by atoms with Gasteiger partial charge in [0, 0.05) is 17.0 Å². The van der Waals surface area contributed by atoms with Crippen LogP contribution in [0, 0.1) is 5.82 Å². The summed E-state index contributed by atoms with van der Waals surface area (Å²) < 4.78 is 13.0. The van der Waals surface area contributed by atoms with Gasteiger partial charge in [0.25, 0.3) is 0 Å². The monoisotopic (exact) mass is 249 g/mol. The molecule has 0 radical (unpaired) electrons. The Morgan fingerprint density at radius 3 is 3.00 bits per heavy atom. The van der Waals surface area contributed by atoms with Crippen LogP contribution in [0.3, 0.4) is 0 Å². The lowest BCUT2D eigenvalue weighted by Crippen LogP contribution is -1.85. The molecule has 0 aliphatic heterocycles. The highest BCUT2D eigenvalue weighted by Gasteiger charge is 2.04. The number of benzene rings is 1. The van der Waals surface area contributed by atoms with E-state index in [4.69, 9.17) is 5.11 Å². The van der Waals surface area contributed by atoms with E-state index in [2.05, 4.69) is 4.98 Å². The van der Waals surface area contributed by atoms with E-state index in [1.54, 1.807) is 17.5 Å². The predicted molar refractivity (Wildman–Crippen MR) is 64.2 cm³/mol. The number of carboxylic acid groups (broad SMARTS) is 1. The average Bonchev–Trinajstić information content (AvgIpc) is 2.75. The van der Waals surface area contributed by atoms with Crippen molar-refractivity contribution in [2.45, 2.75) is 0 Å². The largest absolute Gasteiger partial charge is 0.478 e. The minimum atomic E-state index is -1.02. The lowest BCUT2D eigenvalue weighted by molar-refractivity contribution is -0.131. The molecule has 0 bridgehead atoms. The van der Waals surface area contributed by atoms with Crippen LogP contribution in [0.25, 0.3) is 16.6 Å². The third-order valence-corrected chi connectivity index (χ3v) is 2.90. The molecule has 1 N–H and O–H groups in total. The van der Waals surface area contributed by atoms with Crippen LogP contribution in [0.2, 0.25) is 0 Å². The quantitative estimate of drug-likeness (QED) is 0.850. The van der Waals surface area contributed by atoms with Crippen molar-refractivity contribution in [3.05, 3.63) is 47.2 Å². The number of nitrogens with zero attached hydrogens (tertiary/aromatic N) is 1. The summed E-state index contributed by atoms with van der Waals surface area (Å²) in [5, 5.41) is 10.9. The van der Waals surface area contributed by atoms with Crippen LogP contribution >= 0.6 is 11.3 Å². The number of hydrogen-bond acceptors (Lipinski definition) is 3. The molecule has 0 amide bonds. The fourth-order valence-electron chi connectivity index (χ4n) is 1.27. The molecule has 0 unspecified atom stereocenters. The second-order valence-electron chi connectivity index (χ2n) is 3.26. The van der Waals surface area contributed by atoms with Crippen LogP contribution in [0.4, 0.5) is 4.39 Å². The van der Waals surface area contributed by atoms with Crippen molar-refractivity contribution in [3.8, 4) is 10.6 Å². The number of hydrogen-bond donors (Lipinski definition) is 1. The first-order chi connectivity index (χ1) is 8.15. The molecule has 1 aromatic carbocycles. The van der Waals surface area contributed by atoms with Crippen LogP contribution in [0.1, 0.15) is 5.69 Å². The van der Waals surface area contributed by atoms with Gasteiger partial charge < -0.3 is 5.11 Å². The van der Waals surface area contributed by atoms with E-state index in [1.165, 1.54) is 29.5 Å². The van der Waals surface area contributed by atoms with Crippen molar-refractivity contribution in [1.82, 2.24) is 4.98 Å². The molecule has 0 atom stereocenters. The number of carbonyl (C=O) groups is 1. The third-order valence-electron chi connectivity index (χ3n) is 1.99. The first kappa shape index (κ1) is 11.5. The minimum absolute atomic E-state index is 0.319. The molecule has 0 aliphatic carbocycles. The fraction of sp³-hybridized carbons (Fsp3) is 0. The molecule has 5 heteroatoms. The van der Waals surface area contributed by atoms with Crippen LogP contribution in [-0.4, -0.2) is 16.1 Å². The van der Waals surface area contributed by atoms with E-state index in [1.807, 2.05) is 0 Å². The molecule has 2 aromatic rings. The third kappa shape index (κ3) is 2.98. The highest BCUT2D eigenvalue weighted by atomic mass is 32.1. The Morgan fingerprint density at radius 2 is 2.29 bits per heavy atom. The minimum Gasteiger partial charge on any atom is -0.478 e. The fourth-order valence-corrected chi connectivity index (χ4v) is 2.06. The number of thiazole rings is 1. The van der Waals surface area contributed by atoms with Crippen LogP contribution in [0.5, 0.6) is 0 Å². The molecule has 0 spiro atoms. The van der Waals surface area contributed by atoms with Gasteiger partial charge in [0.05, 0.1) is 5.69 Å². The molecule has 2 rings (SSSR count). The maximum absolute atomic E-state index is 13.0. The summed E-state index contributed by atoms with van der Waals surface area (Å²) in [4.78, 5) is 14.5. The van der Waals surface area contributed by atoms with Gasteiger partial charge in [0.1, 0.15) is 10.8 Å². The van der Waals surface area contributed by atoms with Gasteiger partial charge in [-0.3, -0.25) is 0 Å². The van der Waals surface area contributed by atoms with Gasteiger partial charge in [0.15, 0.2) is 0 Å². The smallest absolute Gasteiger partial charge is 0.328 e. The summed E-state index contributed by atoms with van der Waals surface area (Å²) >= 11 is 1.34. The van der Waals surface area contributed by atoms with Crippen molar-refractivity contribution in [1.29, 1.82) is 0 Å². The summed E-state index contributed by atoms with van der Waals surface area (Å²) in [6.07, 6.45) is 2.42. The van der Waals surface area contributed by atoms with E-state index >= 15 is 0 Å². The van der Waals surface area contributed by atoms with Crippen molar-refractivity contribution >= 4 is 23.4 Å². The molecular weight excluding hydrogens is 241 g/mol. The summed E-state index contributed by atoms with van der Waals surface area (Å²) in [6, 6.07) is 6.12. The van der Waals surface area contributed by atoms with Crippen LogP contribution < -0.4 is 0 Å². The van der Waals surface area contributed by atoms with Gasteiger partial charge in [-0.25, -0.2) is 14.2 Å². The molecule has 0 saturated heterocycles. The van der Waals surface area contributed by atoms with Gasteiger partial charge in [-0.05, 0) is 18.2 Å². The van der Waals surface area contributed by atoms with Gasteiger partial charge in [-0.15, -0.1) is 11.3 Å². The maximum atomic E-state index is 13.0. The molecule has 3 nitrogen and oxygen atoms in total. The molecule has 0 fully saturated rings. The zero-order valence-corrected chi connectivity index (χ0v) is 9.45. The number of rotatable bonds is 3. The van der Waals surface area contributed by atoms with Gasteiger partial charge in [-0.2, -0.15) is 0 Å². The molecule has 1 heterocycles. The Hall–Kier alpha value is -2.01. The second-order valence-corrected chi connectivity index (χ2v) is 4.12. The highest BCUT2D eigenvalue weighted by Crippen LogP contribution is 2.24. The summed E-state index contributed by atoms with van der Waals surface area (Å²) in [6.45, 7) is 0. The predicted octanol–water partition coefficient (Wildman–Crippen LogP) is 3.05. The van der Waals surface area contributed by atoms with Gasteiger partial charge in [-0.1, -0.05) is 12.1 Å². The number of halogens is 1. The highest BCUT2D eigenvalue weighted by molar-refractivity contribution is 7.13. The van der Waals surface area contributed by atoms with Crippen molar-refractivity contribution in [2.75, 3.05) is 0 Å². The maximum Gasteiger partial charge on any atom is 0.328 e. The molecule has 86 valence electrons. The standard InChI is InChI=1S/C12H8FNO2S/c13-9-3-1-2-8(6-9)12-14-10(7-17-12)4-5-11(15)16/h1-7H,(H,15,16)/b5-4+. The van der Waals surface area contributed by atoms with Crippen molar-refractivity contribution in [2.24, 2.45) is 0 Å². The first-order valence-electron chi connectivity index (χ1n) is 4.77. The topological polar surface area (TPSA) is 50.2 Å². The van der Waals surface area contributed by atoms with Crippen molar-refractivity contribution in [3.63, 3.8) is 0 Å². The Bertz CT molecular complexity index is 577. The Kier molecular flexibility index (Phi) is 3.30. The molecule has 17 heavy (non-hydrogen) atoms. The SMILES string of the molecule is O=C(O)/C=C/c1csc(-c2cccc(F)c2)n1. The van der Waals surface area contributed by atoms with E-state index in [-0.39, 0.29) is 5.82 Å². The Morgan fingerprint density at radius 1 is 1.47 bits per heavy atom.